The number of aliphatic hydroxyl groups is 1. The number of rotatable bonds is 4. The average Bonchev–Trinajstić information content (AvgIpc) is 2.75. The van der Waals surface area contributed by atoms with E-state index in [4.69, 9.17) is 0 Å². The molecule has 1 N–H and O–H groups in total. The van der Waals surface area contributed by atoms with E-state index in [1.807, 2.05) is 4.68 Å². The molecule has 1 saturated carbocycles. The molecule has 0 aromatic carbocycles. The van der Waals surface area contributed by atoms with Crippen molar-refractivity contribution in [2.45, 2.75) is 64.5 Å². The summed E-state index contributed by atoms with van der Waals surface area (Å²) < 4.78 is 2.87. The monoisotopic (exact) mass is 314 g/mol. The van der Waals surface area contributed by atoms with Crippen LogP contribution in [0, 0.1) is 5.92 Å². The molecule has 1 fully saturated rings. The van der Waals surface area contributed by atoms with E-state index in [9.17, 15) is 5.11 Å². The van der Waals surface area contributed by atoms with E-state index >= 15 is 0 Å². The Bertz CT molecular complexity index is 394. The van der Waals surface area contributed by atoms with E-state index < -0.39 is 5.60 Å². The van der Waals surface area contributed by atoms with E-state index in [0.717, 1.165) is 48.3 Å². The minimum absolute atomic E-state index is 0.685. The molecule has 0 unspecified atom stereocenters. The maximum atomic E-state index is 10.9. The quantitative estimate of drug-likeness (QED) is 0.916. The van der Waals surface area contributed by atoms with Crippen molar-refractivity contribution < 1.29 is 5.11 Å². The van der Waals surface area contributed by atoms with E-state index in [1.165, 1.54) is 12.8 Å². The van der Waals surface area contributed by atoms with Gasteiger partial charge in [-0.2, -0.15) is 5.10 Å². The zero-order chi connectivity index (χ0) is 13.2. The fraction of sp³-hybridized carbons (Fsp3) is 0.786. The van der Waals surface area contributed by atoms with Crippen LogP contribution in [0.3, 0.4) is 0 Å². The molecular weight excluding hydrogens is 292 g/mol. The smallest absolute Gasteiger partial charge is 0.107 e. The summed E-state index contributed by atoms with van der Waals surface area (Å²) in [5.74, 6) is 0.798. The van der Waals surface area contributed by atoms with Crippen LogP contribution in [0.5, 0.6) is 0 Å². The Hall–Kier alpha value is -0.350. The third kappa shape index (κ3) is 2.64. The van der Waals surface area contributed by atoms with Crippen LogP contribution in [0.2, 0.25) is 0 Å². The van der Waals surface area contributed by atoms with Gasteiger partial charge in [-0.05, 0) is 54.5 Å². The molecule has 0 bridgehead atoms. The summed E-state index contributed by atoms with van der Waals surface area (Å²) in [6, 6.07) is 0. The second kappa shape index (κ2) is 5.74. The molecule has 1 aromatic heterocycles. The van der Waals surface area contributed by atoms with Crippen LogP contribution < -0.4 is 0 Å². The minimum atomic E-state index is -0.685. The lowest BCUT2D eigenvalue weighted by molar-refractivity contribution is -0.0232. The summed E-state index contributed by atoms with van der Waals surface area (Å²) in [5.41, 5.74) is 0.287. The first-order valence-electron chi connectivity index (χ1n) is 7.05. The normalized spacial score (nSPS) is 28.6. The van der Waals surface area contributed by atoms with Crippen LogP contribution in [-0.4, -0.2) is 14.9 Å². The first-order valence-corrected chi connectivity index (χ1v) is 7.84. The SMILES string of the molecule is CCCC1CCC(O)(c2c(Br)cnn2CC)CC1. The Balaban J connectivity index is 2.15. The third-order valence-electron chi connectivity index (χ3n) is 4.16. The van der Waals surface area contributed by atoms with E-state index in [2.05, 4.69) is 34.9 Å². The maximum Gasteiger partial charge on any atom is 0.107 e. The van der Waals surface area contributed by atoms with Gasteiger partial charge in [-0.1, -0.05) is 19.8 Å². The first kappa shape index (κ1) is 14.1. The fourth-order valence-corrected chi connectivity index (χ4v) is 3.82. The molecule has 3 nitrogen and oxygen atoms in total. The second-order valence-corrected chi connectivity index (χ2v) is 6.27. The average molecular weight is 315 g/mol. The van der Waals surface area contributed by atoms with E-state index in [1.54, 1.807) is 6.20 Å². The molecule has 1 aliphatic rings. The van der Waals surface area contributed by atoms with Crippen LogP contribution in [0.1, 0.15) is 58.1 Å². The van der Waals surface area contributed by atoms with Crippen LogP contribution in [0.4, 0.5) is 0 Å². The van der Waals surface area contributed by atoms with Gasteiger partial charge >= 0.3 is 0 Å². The van der Waals surface area contributed by atoms with Crippen molar-refractivity contribution in [1.29, 1.82) is 0 Å². The number of halogens is 1. The minimum Gasteiger partial charge on any atom is -0.384 e. The molecule has 0 aliphatic heterocycles. The van der Waals surface area contributed by atoms with Gasteiger partial charge < -0.3 is 5.11 Å². The van der Waals surface area contributed by atoms with E-state index in [-0.39, 0.29) is 0 Å². The predicted octanol–water partition coefficient (Wildman–Crippen LogP) is 3.84. The zero-order valence-corrected chi connectivity index (χ0v) is 12.9. The summed E-state index contributed by atoms with van der Waals surface area (Å²) in [4.78, 5) is 0. The highest BCUT2D eigenvalue weighted by Gasteiger charge is 2.38. The van der Waals surface area contributed by atoms with Gasteiger partial charge in [0.1, 0.15) is 5.60 Å². The van der Waals surface area contributed by atoms with Crippen molar-refractivity contribution in [3.8, 4) is 0 Å². The summed E-state index contributed by atoms with van der Waals surface area (Å²) >= 11 is 3.53. The maximum absolute atomic E-state index is 10.9. The Morgan fingerprint density at radius 2 is 2.11 bits per heavy atom. The van der Waals surface area contributed by atoms with Crippen molar-refractivity contribution in [1.82, 2.24) is 9.78 Å². The molecular formula is C14H23BrN2O. The first-order chi connectivity index (χ1) is 8.60. The van der Waals surface area contributed by atoms with Gasteiger partial charge in [0, 0.05) is 6.54 Å². The van der Waals surface area contributed by atoms with Gasteiger partial charge in [0.15, 0.2) is 0 Å². The van der Waals surface area contributed by atoms with Gasteiger partial charge in [0.2, 0.25) is 0 Å². The number of hydrogen-bond donors (Lipinski definition) is 1. The zero-order valence-electron chi connectivity index (χ0n) is 11.3. The molecule has 1 aromatic rings. The summed E-state index contributed by atoms with van der Waals surface area (Å²) in [6.07, 6.45) is 8.33. The third-order valence-corrected chi connectivity index (χ3v) is 4.74. The van der Waals surface area contributed by atoms with Crippen LogP contribution >= 0.6 is 15.9 Å². The number of hydrogen-bond acceptors (Lipinski definition) is 2. The Morgan fingerprint density at radius 1 is 1.44 bits per heavy atom. The highest BCUT2D eigenvalue weighted by atomic mass is 79.9. The largest absolute Gasteiger partial charge is 0.384 e. The van der Waals surface area contributed by atoms with Gasteiger partial charge in [0.25, 0.3) is 0 Å². The predicted molar refractivity (Wildman–Crippen MR) is 76.4 cm³/mol. The van der Waals surface area contributed by atoms with Crippen molar-refractivity contribution >= 4 is 15.9 Å². The molecule has 18 heavy (non-hydrogen) atoms. The van der Waals surface area contributed by atoms with Crippen LogP contribution in [-0.2, 0) is 12.1 Å². The molecule has 0 saturated heterocycles. The summed E-state index contributed by atoms with van der Waals surface area (Å²) in [5, 5.41) is 15.2. The van der Waals surface area contributed by atoms with Crippen molar-refractivity contribution in [2.24, 2.45) is 5.92 Å². The lowest BCUT2D eigenvalue weighted by atomic mass is 9.75. The van der Waals surface area contributed by atoms with Gasteiger partial charge in [-0.25, -0.2) is 0 Å². The van der Waals surface area contributed by atoms with Crippen molar-refractivity contribution in [2.75, 3.05) is 0 Å². The van der Waals surface area contributed by atoms with E-state index in [0.29, 0.717) is 0 Å². The Labute approximate surface area is 118 Å². The molecule has 2 rings (SSSR count). The summed E-state index contributed by atoms with van der Waals surface area (Å²) in [7, 11) is 0. The Morgan fingerprint density at radius 3 is 2.67 bits per heavy atom. The molecule has 1 heterocycles. The van der Waals surface area contributed by atoms with Crippen molar-refractivity contribution in [3.05, 3.63) is 16.4 Å². The van der Waals surface area contributed by atoms with Crippen LogP contribution in [0.25, 0.3) is 0 Å². The van der Waals surface area contributed by atoms with Gasteiger partial charge in [-0.15, -0.1) is 0 Å². The highest BCUT2D eigenvalue weighted by Crippen LogP contribution is 2.43. The summed E-state index contributed by atoms with van der Waals surface area (Å²) in [6.45, 7) is 5.11. The molecule has 0 atom stereocenters. The molecule has 0 amide bonds. The lowest BCUT2D eigenvalue weighted by Gasteiger charge is -2.36. The number of aryl methyl sites for hydroxylation is 1. The number of aromatic nitrogens is 2. The van der Waals surface area contributed by atoms with Gasteiger partial charge in [-0.3, -0.25) is 4.68 Å². The van der Waals surface area contributed by atoms with Crippen LogP contribution in [0.15, 0.2) is 10.7 Å². The fourth-order valence-electron chi connectivity index (χ4n) is 3.15. The van der Waals surface area contributed by atoms with Crippen molar-refractivity contribution in [3.63, 3.8) is 0 Å². The lowest BCUT2D eigenvalue weighted by Crippen LogP contribution is -2.34. The molecule has 0 spiro atoms. The van der Waals surface area contributed by atoms with Gasteiger partial charge in [0.05, 0.1) is 16.4 Å². The highest BCUT2D eigenvalue weighted by molar-refractivity contribution is 9.10. The topological polar surface area (TPSA) is 38.1 Å². The number of nitrogens with zero attached hydrogens (tertiary/aromatic N) is 2. The molecule has 4 heteroatoms. The molecule has 0 radical (unpaired) electrons. The molecule has 102 valence electrons. The Kier molecular flexibility index (Phi) is 4.49. The second-order valence-electron chi connectivity index (χ2n) is 5.42. The molecule has 1 aliphatic carbocycles. The standard InChI is InChI=1S/C14H23BrN2O/c1-3-5-11-6-8-14(18,9-7-11)13-12(15)10-16-17(13)4-2/h10-11,18H,3-9H2,1-2H3.